The van der Waals surface area contributed by atoms with Crippen molar-refractivity contribution in [1.29, 1.82) is 0 Å². The van der Waals surface area contributed by atoms with Gasteiger partial charge >= 0.3 is 6.18 Å². The highest BCUT2D eigenvalue weighted by atomic mass is 19.4. The van der Waals surface area contributed by atoms with Crippen molar-refractivity contribution in [3.05, 3.63) is 70.8 Å². The van der Waals surface area contributed by atoms with Crippen LogP contribution in [0.25, 0.3) is 0 Å². The second kappa shape index (κ2) is 7.30. The summed E-state index contributed by atoms with van der Waals surface area (Å²) in [5, 5.41) is 0. The molecule has 0 saturated heterocycles. The third kappa shape index (κ3) is 6.98. The van der Waals surface area contributed by atoms with Gasteiger partial charge in [0.15, 0.2) is 0 Å². The number of rotatable bonds is 2. The maximum Gasteiger partial charge on any atom is 0.386 e. The molecule has 114 valence electrons. The van der Waals surface area contributed by atoms with Crippen LogP contribution >= 0.6 is 0 Å². The average Bonchev–Trinajstić information content (AvgIpc) is 2.38. The Morgan fingerprint density at radius 2 is 0.952 bits per heavy atom. The van der Waals surface area contributed by atoms with Crippen molar-refractivity contribution in [2.45, 2.75) is 39.8 Å². The van der Waals surface area contributed by atoms with Crippen LogP contribution in [0.15, 0.2) is 48.5 Å². The minimum Gasteiger partial charge on any atom is -0.172 e. The molecule has 0 aromatic heterocycles. The fourth-order valence-electron chi connectivity index (χ4n) is 1.90. The molecule has 0 aliphatic carbocycles. The van der Waals surface area contributed by atoms with Gasteiger partial charge in [-0.2, -0.15) is 13.2 Å². The third-order valence-electron chi connectivity index (χ3n) is 3.15. The molecule has 0 spiro atoms. The van der Waals surface area contributed by atoms with E-state index in [1.54, 1.807) is 0 Å². The molecule has 0 nitrogen and oxygen atoms in total. The van der Waals surface area contributed by atoms with Crippen LogP contribution in [0.2, 0.25) is 0 Å². The first-order valence-corrected chi connectivity index (χ1v) is 6.86. The predicted molar refractivity (Wildman–Crippen MR) is 81.6 cm³/mol. The van der Waals surface area contributed by atoms with Crippen LogP contribution in [0.1, 0.15) is 42.0 Å². The Bertz CT molecular complexity index is 485. The van der Waals surface area contributed by atoms with Crippen LogP contribution in [-0.2, 0) is 0 Å². The average molecular weight is 294 g/mol. The summed E-state index contributed by atoms with van der Waals surface area (Å²) in [5.74, 6) is 0.473. The molecule has 2 rings (SSSR count). The largest absolute Gasteiger partial charge is 0.386 e. The van der Waals surface area contributed by atoms with Gasteiger partial charge in [-0.25, -0.2) is 0 Å². The summed E-state index contributed by atoms with van der Waals surface area (Å²) in [6.45, 7) is 6.70. The Morgan fingerprint density at radius 1 is 0.714 bits per heavy atom. The fourth-order valence-corrected chi connectivity index (χ4v) is 1.90. The normalized spacial score (nSPS) is 11.0. The van der Waals surface area contributed by atoms with E-state index in [0.29, 0.717) is 5.92 Å². The Kier molecular flexibility index (Phi) is 6.01. The maximum atomic E-state index is 10.4. The molecule has 2 aromatic carbocycles. The SMILES string of the molecule is CC(F)(F)F.Cc1ccc(C(C)c2ccc(C)cc2)cc1. The van der Waals surface area contributed by atoms with Gasteiger partial charge in [-0.1, -0.05) is 66.6 Å². The highest BCUT2D eigenvalue weighted by Crippen LogP contribution is 2.24. The van der Waals surface area contributed by atoms with Gasteiger partial charge in [0.25, 0.3) is 0 Å². The molecular formula is C18H21F3. The van der Waals surface area contributed by atoms with E-state index in [1.165, 1.54) is 22.3 Å². The molecule has 0 amide bonds. The van der Waals surface area contributed by atoms with Gasteiger partial charge in [-0.05, 0) is 25.0 Å². The Morgan fingerprint density at radius 3 is 1.19 bits per heavy atom. The first-order chi connectivity index (χ1) is 9.66. The molecule has 0 aliphatic heterocycles. The lowest BCUT2D eigenvalue weighted by atomic mass is 9.92. The van der Waals surface area contributed by atoms with Crippen LogP contribution in [0.5, 0.6) is 0 Å². The van der Waals surface area contributed by atoms with Gasteiger partial charge in [0.2, 0.25) is 0 Å². The topological polar surface area (TPSA) is 0 Å². The fraction of sp³-hybridized carbons (Fsp3) is 0.333. The summed E-state index contributed by atoms with van der Waals surface area (Å²) >= 11 is 0. The zero-order chi connectivity index (χ0) is 16.0. The van der Waals surface area contributed by atoms with Crippen molar-refractivity contribution in [3.63, 3.8) is 0 Å². The van der Waals surface area contributed by atoms with E-state index in [9.17, 15) is 13.2 Å². The van der Waals surface area contributed by atoms with Gasteiger partial charge < -0.3 is 0 Å². The molecule has 2 aromatic rings. The Labute approximate surface area is 124 Å². The molecule has 0 fully saturated rings. The van der Waals surface area contributed by atoms with E-state index in [-0.39, 0.29) is 6.92 Å². The van der Waals surface area contributed by atoms with Crippen molar-refractivity contribution in [2.75, 3.05) is 0 Å². The van der Waals surface area contributed by atoms with E-state index >= 15 is 0 Å². The third-order valence-corrected chi connectivity index (χ3v) is 3.15. The molecule has 0 radical (unpaired) electrons. The van der Waals surface area contributed by atoms with Gasteiger partial charge in [-0.15, -0.1) is 0 Å². The molecule has 0 aliphatic rings. The molecule has 0 N–H and O–H groups in total. The standard InChI is InChI=1S/C16H18.C2H3F3/c1-12-4-8-15(9-5-12)14(3)16-10-6-13(2)7-11-16;1-2(3,4)5/h4-11,14H,1-3H3;1H3. The van der Waals surface area contributed by atoms with Crippen molar-refractivity contribution < 1.29 is 13.2 Å². The predicted octanol–water partition coefficient (Wildman–Crippen LogP) is 6.02. The quantitative estimate of drug-likeness (QED) is 0.635. The smallest absolute Gasteiger partial charge is 0.172 e. The van der Waals surface area contributed by atoms with Crippen LogP contribution in [0.4, 0.5) is 13.2 Å². The lowest BCUT2D eigenvalue weighted by Crippen LogP contribution is -1.95. The van der Waals surface area contributed by atoms with Crippen molar-refractivity contribution in [2.24, 2.45) is 0 Å². The molecule has 0 heterocycles. The minimum atomic E-state index is -4.00. The molecule has 0 saturated carbocycles. The van der Waals surface area contributed by atoms with Gasteiger partial charge in [-0.3, -0.25) is 0 Å². The highest BCUT2D eigenvalue weighted by molar-refractivity contribution is 5.34. The second-order valence-electron chi connectivity index (χ2n) is 5.32. The number of hydrogen-bond acceptors (Lipinski definition) is 0. The van der Waals surface area contributed by atoms with E-state index in [2.05, 4.69) is 69.3 Å². The molecule has 0 bridgehead atoms. The summed E-state index contributed by atoms with van der Waals surface area (Å²) in [4.78, 5) is 0. The molecular weight excluding hydrogens is 273 g/mol. The van der Waals surface area contributed by atoms with Crippen molar-refractivity contribution in [1.82, 2.24) is 0 Å². The number of halogens is 3. The number of hydrogen-bond donors (Lipinski definition) is 0. The number of aryl methyl sites for hydroxylation is 2. The van der Waals surface area contributed by atoms with Gasteiger partial charge in [0, 0.05) is 12.8 Å². The lowest BCUT2D eigenvalue weighted by molar-refractivity contribution is -0.110. The van der Waals surface area contributed by atoms with E-state index in [0.717, 1.165) is 0 Å². The monoisotopic (exact) mass is 294 g/mol. The number of benzene rings is 2. The molecule has 21 heavy (non-hydrogen) atoms. The van der Waals surface area contributed by atoms with Gasteiger partial charge in [0.1, 0.15) is 0 Å². The summed E-state index contributed by atoms with van der Waals surface area (Å²) in [5.41, 5.74) is 5.41. The summed E-state index contributed by atoms with van der Waals surface area (Å²) in [6, 6.07) is 17.6. The van der Waals surface area contributed by atoms with Gasteiger partial charge in [0.05, 0.1) is 0 Å². The highest BCUT2D eigenvalue weighted by Gasteiger charge is 2.15. The Balaban J connectivity index is 0.000000383. The first kappa shape index (κ1) is 17.3. The lowest BCUT2D eigenvalue weighted by Gasteiger charge is -2.12. The van der Waals surface area contributed by atoms with E-state index in [1.807, 2.05) is 0 Å². The van der Waals surface area contributed by atoms with Crippen LogP contribution in [0, 0.1) is 13.8 Å². The second-order valence-corrected chi connectivity index (χ2v) is 5.32. The van der Waals surface area contributed by atoms with Crippen LogP contribution < -0.4 is 0 Å². The van der Waals surface area contributed by atoms with Crippen LogP contribution in [0.3, 0.4) is 0 Å². The maximum absolute atomic E-state index is 10.4. The van der Waals surface area contributed by atoms with E-state index < -0.39 is 6.18 Å². The molecule has 0 atom stereocenters. The zero-order valence-electron chi connectivity index (χ0n) is 12.8. The Hall–Kier alpha value is -1.77. The van der Waals surface area contributed by atoms with Crippen LogP contribution in [-0.4, -0.2) is 6.18 Å². The van der Waals surface area contributed by atoms with E-state index in [4.69, 9.17) is 0 Å². The summed E-state index contributed by atoms with van der Waals surface area (Å²) < 4.78 is 31.1. The molecule has 3 heteroatoms. The minimum absolute atomic E-state index is 0.188. The zero-order valence-corrected chi connectivity index (χ0v) is 12.8. The van der Waals surface area contributed by atoms with Crippen molar-refractivity contribution in [3.8, 4) is 0 Å². The summed E-state index contributed by atoms with van der Waals surface area (Å²) in [7, 11) is 0. The number of alkyl halides is 3. The molecule has 0 unspecified atom stereocenters. The first-order valence-electron chi connectivity index (χ1n) is 6.86. The van der Waals surface area contributed by atoms with Crippen molar-refractivity contribution >= 4 is 0 Å². The summed E-state index contributed by atoms with van der Waals surface area (Å²) in [6.07, 6.45) is -4.00.